The van der Waals surface area contributed by atoms with Crippen LogP contribution in [0.1, 0.15) is 53.8 Å². The number of rotatable bonds is 9. The first-order valence-corrected chi connectivity index (χ1v) is 12.1. The molecule has 0 unspecified atom stereocenters. The van der Waals surface area contributed by atoms with Crippen LogP contribution < -0.4 is 15.4 Å². The number of amides is 1. The van der Waals surface area contributed by atoms with Crippen molar-refractivity contribution in [1.82, 2.24) is 15.2 Å². The molecule has 0 bridgehead atoms. The lowest BCUT2D eigenvalue weighted by atomic mass is 9.75. The number of likely N-dealkylation sites (tertiary alicyclic amines) is 1. The van der Waals surface area contributed by atoms with E-state index in [1.807, 2.05) is 7.05 Å². The zero-order chi connectivity index (χ0) is 27.4. The Morgan fingerprint density at radius 2 is 1.95 bits per heavy atom. The summed E-state index contributed by atoms with van der Waals surface area (Å²) in [6.07, 6.45) is -2.30. The minimum Gasteiger partial charge on any atom is -0.495 e. The molecule has 1 aliphatic heterocycles. The first kappa shape index (κ1) is 28.5. The van der Waals surface area contributed by atoms with Crippen LogP contribution in [0.2, 0.25) is 5.02 Å². The number of hydrogen-bond acceptors (Lipinski definition) is 6. The maximum Gasteiger partial charge on any atom is 0.433 e. The van der Waals surface area contributed by atoms with Crippen molar-refractivity contribution in [2.45, 2.75) is 38.4 Å². The fourth-order valence-electron chi connectivity index (χ4n) is 4.41. The van der Waals surface area contributed by atoms with Crippen molar-refractivity contribution in [3.63, 3.8) is 0 Å². The number of nitrogens with zero attached hydrogens (tertiary/aromatic N) is 2. The van der Waals surface area contributed by atoms with Gasteiger partial charge in [-0.05, 0) is 64.2 Å². The van der Waals surface area contributed by atoms with Gasteiger partial charge in [0.05, 0.1) is 36.5 Å². The molecule has 2 aromatic rings. The number of anilines is 1. The SMILES string of the molecule is COc1cnc(C(F)(F)F)cc1[C@H](C)Nc1ccc(C(=O)NCC2(CC(=O)O)CCN(C)CC2)cc1Cl. The first-order valence-electron chi connectivity index (χ1n) is 11.7. The molecule has 0 radical (unpaired) electrons. The zero-order valence-electron chi connectivity index (χ0n) is 20.8. The van der Waals surface area contributed by atoms with E-state index in [1.54, 1.807) is 19.1 Å². The summed E-state index contributed by atoms with van der Waals surface area (Å²) in [5.74, 6) is -1.11. The van der Waals surface area contributed by atoms with Gasteiger partial charge in [0.15, 0.2) is 0 Å². The molecule has 8 nitrogen and oxygen atoms in total. The number of carboxylic acid groups (broad SMARTS) is 1. The molecule has 0 aliphatic carbocycles. The van der Waals surface area contributed by atoms with Gasteiger partial charge in [-0.1, -0.05) is 11.6 Å². The van der Waals surface area contributed by atoms with E-state index in [-0.39, 0.29) is 34.9 Å². The molecule has 1 amide bonds. The van der Waals surface area contributed by atoms with Crippen molar-refractivity contribution in [1.29, 1.82) is 0 Å². The Labute approximate surface area is 218 Å². The van der Waals surface area contributed by atoms with Crippen LogP contribution >= 0.6 is 11.6 Å². The topological polar surface area (TPSA) is 104 Å². The predicted octanol–water partition coefficient (Wildman–Crippen LogP) is 4.85. The van der Waals surface area contributed by atoms with Crippen LogP contribution in [0.4, 0.5) is 18.9 Å². The third-order valence-electron chi connectivity index (χ3n) is 6.68. The van der Waals surface area contributed by atoms with Crippen molar-refractivity contribution in [3.8, 4) is 5.75 Å². The second-order valence-corrected chi connectivity index (χ2v) is 9.83. The second-order valence-electron chi connectivity index (χ2n) is 9.43. The lowest BCUT2D eigenvalue weighted by molar-refractivity contribution is -0.141. The molecule has 12 heteroatoms. The highest BCUT2D eigenvalue weighted by molar-refractivity contribution is 6.33. The van der Waals surface area contributed by atoms with E-state index in [1.165, 1.54) is 13.2 Å². The number of carboxylic acids is 1. The molecule has 1 aromatic carbocycles. The number of aliphatic carboxylic acids is 1. The standard InChI is InChI=1S/C25H30ClF3N4O4/c1-15(17-11-21(25(27,28)29)30-13-20(17)37-3)32-19-5-4-16(10-18(19)26)23(36)31-14-24(12-22(34)35)6-8-33(2)9-7-24/h4-5,10-11,13,15,32H,6-9,12,14H2,1-3H3,(H,31,36)(H,34,35)/t15-/m0/s1. The molecule has 0 spiro atoms. The Morgan fingerprint density at radius 3 is 2.51 bits per heavy atom. The number of nitrogens with one attached hydrogen (secondary N) is 2. The number of carbonyl (C=O) groups excluding carboxylic acids is 1. The van der Waals surface area contributed by atoms with E-state index in [9.17, 15) is 27.9 Å². The first-order chi connectivity index (χ1) is 17.3. The van der Waals surface area contributed by atoms with Gasteiger partial charge < -0.3 is 25.4 Å². The highest BCUT2D eigenvalue weighted by Gasteiger charge is 2.36. The molecule has 1 fully saturated rings. The van der Waals surface area contributed by atoms with E-state index in [2.05, 4.69) is 20.5 Å². The van der Waals surface area contributed by atoms with Crippen LogP contribution in [0.15, 0.2) is 30.5 Å². The van der Waals surface area contributed by atoms with Crippen molar-refractivity contribution < 1.29 is 32.6 Å². The van der Waals surface area contributed by atoms with E-state index < -0.39 is 35.2 Å². The highest BCUT2D eigenvalue weighted by atomic mass is 35.5. The number of benzene rings is 1. The van der Waals surface area contributed by atoms with E-state index >= 15 is 0 Å². The van der Waals surface area contributed by atoms with E-state index in [0.29, 0.717) is 18.5 Å². The molecule has 1 saturated heterocycles. The van der Waals surface area contributed by atoms with Gasteiger partial charge in [0.25, 0.3) is 5.91 Å². The lowest BCUT2D eigenvalue weighted by Gasteiger charge is -2.39. The molecule has 2 heterocycles. The Hall–Kier alpha value is -3.05. The third-order valence-corrected chi connectivity index (χ3v) is 6.99. The molecular weight excluding hydrogens is 513 g/mol. The lowest BCUT2D eigenvalue weighted by Crippen LogP contribution is -2.46. The highest BCUT2D eigenvalue weighted by Crippen LogP contribution is 2.36. The van der Waals surface area contributed by atoms with Gasteiger partial charge in [-0.3, -0.25) is 9.59 Å². The van der Waals surface area contributed by atoms with Gasteiger partial charge in [0.1, 0.15) is 11.4 Å². The predicted molar refractivity (Wildman–Crippen MR) is 133 cm³/mol. The quantitative estimate of drug-likeness (QED) is 0.416. The van der Waals surface area contributed by atoms with Gasteiger partial charge in [-0.2, -0.15) is 13.2 Å². The number of pyridine rings is 1. The average Bonchev–Trinajstić information content (AvgIpc) is 2.84. The van der Waals surface area contributed by atoms with Gasteiger partial charge >= 0.3 is 12.1 Å². The van der Waals surface area contributed by atoms with Crippen LogP contribution in [-0.2, 0) is 11.0 Å². The second kappa shape index (κ2) is 11.6. The maximum absolute atomic E-state index is 13.1. The van der Waals surface area contributed by atoms with Crippen molar-refractivity contribution in [2.24, 2.45) is 5.41 Å². The summed E-state index contributed by atoms with van der Waals surface area (Å²) in [6, 6.07) is 4.85. The van der Waals surface area contributed by atoms with Crippen LogP contribution in [0.5, 0.6) is 5.75 Å². The van der Waals surface area contributed by atoms with Crippen molar-refractivity contribution in [3.05, 3.63) is 52.3 Å². The number of ether oxygens (including phenoxy) is 1. The number of halogens is 4. The van der Waals surface area contributed by atoms with E-state index in [4.69, 9.17) is 16.3 Å². The Bertz CT molecular complexity index is 1140. The number of hydrogen-bond donors (Lipinski definition) is 3. The van der Waals surface area contributed by atoms with Crippen LogP contribution in [0.3, 0.4) is 0 Å². The molecule has 1 atom stereocenters. The fraction of sp³-hybridized carbons (Fsp3) is 0.480. The normalized spacial score (nSPS) is 16.6. The number of carbonyl (C=O) groups is 2. The monoisotopic (exact) mass is 542 g/mol. The molecule has 202 valence electrons. The smallest absolute Gasteiger partial charge is 0.433 e. The van der Waals surface area contributed by atoms with Crippen LogP contribution in [0.25, 0.3) is 0 Å². The summed E-state index contributed by atoms with van der Waals surface area (Å²) in [5.41, 5.74) is -0.628. The van der Waals surface area contributed by atoms with Crippen molar-refractivity contribution in [2.75, 3.05) is 39.1 Å². The van der Waals surface area contributed by atoms with E-state index in [0.717, 1.165) is 25.4 Å². The summed E-state index contributed by atoms with van der Waals surface area (Å²) >= 11 is 6.39. The van der Waals surface area contributed by atoms with Gasteiger partial charge in [0.2, 0.25) is 0 Å². The van der Waals surface area contributed by atoms with Crippen LogP contribution in [0, 0.1) is 5.41 Å². The number of methoxy groups -OCH3 is 1. The molecule has 37 heavy (non-hydrogen) atoms. The molecule has 1 aromatic heterocycles. The number of alkyl halides is 3. The summed E-state index contributed by atoms with van der Waals surface area (Å²) < 4.78 is 44.6. The number of aromatic nitrogens is 1. The molecular formula is C25H30ClF3N4O4. The van der Waals surface area contributed by atoms with Gasteiger partial charge in [-0.15, -0.1) is 0 Å². The van der Waals surface area contributed by atoms with Crippen molar-refractivity contribution >= 4 is 29.2 Å². The zero-order valence-corrected chi connectivity index (χ0v) is 21.5. The minimum absolute atomic E-state index is 0.0306. The third kappa shape index (κ3) is 7.26. The Balaban J connectivity index is 1.71. The summed E-state index contributed by atoms with van der Waals surface area (Å²) in [6.45, 7) is 3.38. The van der Waals surface area contributed by atoms with Gasteiger partial charge in [0, 0.05) is 23.1 Å². The number of piperidine rings is 1. The van der Waals surface area contributed by atoms with Gasteiger partial charge in [-0.25, -0.2) is 4.98 Å². The summed E-state index contributed by atoms with van der Waals surface area (Å²) in [7, 11) is 3.31. The Kier molecular flexibility index (Phi) is 8.91. The minimum atomic E-state index is -4.61. The molecule has 0 saturated carbocycles. The largest absolute Gasteiger partial charge is 0.495 e. The molecule has 1 aliphatic rings. The van der Waals surface area contributed by atoms with Crippen LogP contribution in [-0.4, -0.2) is 60.7 Å². The Morgan fingerprint density at radius 1 is 1.27 bits per heavy atom. The maximum atomic E-state index is 13.1. The summed E-state index contributed by atoms with van der Waals surface area (Å²) in [5, 5.41) is 15.5. The average molecular weight is 543 g/mol. The summed E-state index contributed by atoms with van der Waals surface area (Å²) in [4.78, 5) is 29.8. The fourth-order valence-corrected chi connectivity index (χ4v) is 4.64. The molecule has 3 N–H and O–H groups in total. The molecule has 3 rings (SSSR count).